The van der Waals surface area contributed by atoms with Crippen molar-refractivity contribution < 1.29 is 0 Å². The Labute approximate surface area is 52.8 Å². The SMILES string of the molecule is NCCCn1cnnn1. The molecule has 0 aliphatic rings. The molecule has 0 aromatic carbocycles. The molecule has 50 valence electrons. The zero-order valence-electron chi connectivity index (χ0n) is 5.06. The van der Waals surface area contributed by atoms with E-state index in [0.717, 1.165) is 13.0 Å². The van der Waals surface area contributed by atoms with Crippen LogP contribution in [0.5, 0.6) is 0 Å². The molecule has 9 heavy (non-hydrogen) atoms. The highest BCUT2D eigenvalue weighted by Gasteiger charge is 1.88. The van der Waals surface area contributed by atoms with Gasteiger partial charge >= 0.3 is 0 Å². The highest BCUT2D eigenvalue weighted by Crippen LogP contribution is 1.80. The quantitative estimate of drug-likeness (QED) is 0.566. The minimum Gasteiger partial charge on any atom is -0.330 e. The van der Waals surface area contributed by atoms with E-state index in [4.69, 9.17) is 5.73 Å². The van der Waals surface area contributed by atoms with E-state index in [2.05, 4.69) is 15.5 Å². The average Bonchev–Trinajstić information content (AvgIpc) is 2.34. The second-order valence-electron chi connectivity index (χ2n) is 1.72. The minimum absolute atomic E-state index is 0.680. The summed E-state index contributed by atoms with van der Waals surface area (Å²) in [5.41, 5.74) is 5.26. The lowest BCUT2D eigenvalue weighted by Crippen LogP contribution is -2.06. The van der Waals surface area contributed by atoms with Gasteiger partial charge in [0.2, 0.25) is 0 Å². The molecule has 0 saturated carbocycles. The molecular weight excluding hydrogens is 118 g/mol. The maximum absolute atomic E-state index is 5.26. The second kappa shape index (κ2) is 3.13. The van der Waals surface area contributed by atoms with Crippen LogP contribution in [0.1, 0.15) is 6.42 Å². The van der Waals surface area contributed by atoms with Gasteiger partial charge in [-0.2, -0.15) is 0 Å². The monoisotopic (exact) mass is 127 g/mol. The van der Waals surface area contributed by atoms with Gasteiger partial charge in [-0.05, 0) is 23.4 Å². The van der Waals surface area contributed by atoms with Gasteiger partial charge in [-0.15, -0.1) is 5.10 Å². The molecule has 0 fully saturated rings. The van der Waals surface area contributed by atoms with Crippen molar-refractivity contribution in [3.8, 4) is 0 Å². The molecule has 0 radical (unpaired) electrons. The number of aryl methyl sites for hydroxylation is 1. The molecule has 2 N–H and O–H groups in total. The van der Waals surface area contributed by atoms with Crippen LogP contribution in [0.25, 0.3) is 0 Å². The molecule has 1 heterocycles. The normalized spacial score (nSPS) is 9.89. The third kappa shape index (κ3) is 1.77. The molecular formula is C4H9N5. The van der Waals surface area contributed by atoms with E-state index >= 15 is 0 Å². The molecule has 0 atom stereocenters. The van der Waals surface area contributed by atoms with Crippen LogP contribution >= 0.6 is 0 Å². The fourth-order valence-corrected chi connectivity index (χ4v) is 0.536. The Balaban J connectivity index is 2.30. The average molecular weight is 127 g/mol. The molecule has 0 unspecified atom stereocenters. The van der Waals surface area contributed by atoms with Crippen molar-refractivity contribution in [2.75, 3.05) is 6.54 Å². The first kappa shape index (κ1) is 6.15. The van der Waals surface area contributed by atoms with Crippen LogP contribution in [0.4, 0.5) is 0 Å². The number of hydrogen-bond donors (Lipinski definition) is 1. The Bertz CT molecular complexity index is 146. The smallest absolute Gasteiger partial charge is 0.138 e. The predicted molar refractivity (Wildman–Crippen MR) is 31.5 cm³/mol. The largest absolute Gasteiger partial charge is 0.330 e. The first-order valence-corrected chi connectivity index (χ1v) is 2.84. The Hall–Kier alpha value is -0.970. The van der Waals surface area contributed by atoms with E-state index in [1.54, 1.807) is 11.0 Å². The van der Waals surface area contributed by atoms with Gasteiger partial charge in [0.25, 0.3) is 0 Å². The lowest BCUT2D eigenvalue weighted by Gasteiger charge is -1.93. The van der Waals surface area contributed by atoms with Crippen molar-refractivity contribution in [1.82, 2.24) is 20.2 Å². The van der Waals surface area contributed by atoms with E-state index in [0.29, 0.717) is 6.54 Å². The van der Waals surface area contributed by atoms with E-state index in [1.807, 2.05) is 0 Å². The lowest BCUT2D eigenvalue weighted by atomic mass is 10.4. The minimum atomic E-state index is 0.680. The first-order chi connectivity index (χ1) is 4.43. The van der Waals surface area contributed by atoms with E-state index in [-0.39, 0.29) is 0 Å². The maximum atomic E-state index is 5.26. The summed E-state index contributed by atoms with van der Waals surface area (Å²) in [7, 11) is 0. The second-order valence-corrected chi connectivity index (χ2v) is 1.72. The Morgan fingerprint density at radius 3 is 3.00 bits per heavy atom. The molecule has 5 nitrogen and oxygen atoms in total. The van der Waals surface area contributed by atoms with Crippen molar-refractivity contribution in [2.24, 2.45) is 5.73 Å². The van der Waals surface area contributed by atoms with Crippen LogP contribution in [0.2, 0.25) is 0 Å². The fourth-order valence-electron chi connectivity index (χ4n) is 0.536. The molecule has 0 aliphatic carbocycles. The first-order valence-electron chi connectivity index (χ1n) is 2.84. The Morgan fingerprint density at radius 1 is 1.56 bits per heavy atom. The highest BCUT2D eigenvalue weighted by molar-refractivity contribution is 4.46. The lowest BCUT2D eigenvalue weighted by molar-refractivity contribution is 0.564. The summed E-state index contributed by atoms with van der Waals surface area (Å²) in [6.07, 6.45) is 2.50. The number of tetrazole rings is 1. The van der Waals surface area contributed by atoms with Gasteiger partial charge in [0.15, 0.2) is 0 Å². The Morgan fingerprint density at radius 2 is 2.44 bits per heavy atom. The number of hydrogen-bond acceptors (Lipinski definition) is 4. The number of aromatic nitrogens is 4. The zero-order chi connectivity index (χ0) is 6.53. The standard InChI is InChI=1S/C4H9N5/c5-2-1-3-9-4-6-7-8-9/h4H,1-3,5H2. The van der Waals surface area contributed by atoms with E-state index < -0.39 is 0 Å². The molecule has 1 rings (SSSR count). The van der Waals surface area contributed by atoms with Crippen molar-refractivity contribution in [1.29, 1.82) is 0 Å². The fraction of sp³-hybridized carbons (Fsp3) is 0.750. The topological polar surface area (TPSA) is 69.6 Å². The van der Waals surface area contributed by atoms with Gasteiger partial charge in [0.05, 0.1) is 0 Å². The zero-order valence-corrected chi connectivity index (χ0v) is 5.06. The summed E-state index contributed by atoms with van der Waals surface area (Å²) in [5, 5.41) is 10.6. The molecule has 0 saturated heterocycles. The van der Waals surface area contributed by atoms with Gasteiger partial charge in [0, 0.05) is 6.54 Å². The van der Waals surface area contributed by atoms with Gasteiger partial charge < -0.3 is 5.73 Å². The van der Waals surface area contributed by atoms with Crippen LogP contribution in [0, 0.1) is 0 Å². The van der Waals surface area contributed by atoms with Gasteiger partial charge in [0.1, 0.15) is 6.33 Å². The van der Waals surface area contributed by atoms with Crippen molar-refractivity contribution in [2.45, 2.75) is 13.0 Å². The molecule has 5 heteroatoms. The van der Waals surface area contributed by atoms with Crippen LogP contribution in [-0.4, -0.2) is 26.8 Å². The summed E-state index contributed by atoms with van der Waals surface area (Å²) in [6.45, 7) is 1.49. The van der Waals surface area contributed by atoms with Crippen molar-refractivity contribution >= 4 is 0 Å². The third-order valence-electron chi connectivity index (χ3n) is 0.983. The molecule has 0 aliphatic heterocycles. The molecule has 0 spiro atoms. The molecule has 0 bridgehead atoms. The predicted octanol–water partition coefficient (Wildman–Crippen LogP) is -0.978. The third-order valence-corrected chi connectivity index (χ3v) is 0.983. The van der Waals surface area contributed by atoms with Gasteiger partial charge in [-0.3, -0.25) is 0 Å². The molecule has 0 amide bonds. The van der Waals surface area contributed by atoms with Gasteiger partial charge in [-0.25, -0.2) is 4.68 Å². The van der Waals surface area contributed by atoms with E-state index in [9.17, 15) is 0 Å². The highest BCUT2D eigenvalue weighted by atomic mass is 15.5. The summed E-state index contributed by atoms with van der Waals surface area (Å²) in [4.78, 5) is 0. The number of nitrogens with zero attached hydrogens (tertiary/aromatic N) is 4. The van der Waals surface area contributed by atoms with Crippen LogP contribution in [-0.2, 0) is 6.54 Å². The number of rotatable bonds is 3. The van der Waals surface area contributed by atoms with Gasteiger partial charge in [-0.1, -0.05) is 0 Å². The molecule has 1 aromatic heterocycles. The van der Waals surface area contributed by atoms with Crippen LogP contribution < -0.4 is 5.73 Å². The summed E-state index contributed by atoms with van der Waals surface area (Å²) >= 11 is 0. The van der Waals surface area contributed by atoms with Crippen molar-refractivity contribution in [3.05, 3.63) is 6.33 Å². The van der Waals surface area contributed by atoms with Crippen LogP contribution in [0.15, 0.2) is 6.33 Å². The summed E-state index contributed by atoms with van der Waals surface area (Å²) in [5.74, 6) is 0. The summed E-state index contributed by atoms with van der Waals surface area (Å²) in [6, 6.07) is 0. The van der Waals surface area contributed by atoms with Crippen LogP contribution in [0.3, 0.4) is 0 Å². The number of nitrogens with two attached hydrogens (primary N) is 1. The summed E-state index contributed by atoms with van der Waals surface area (Å²) < 4.78 is 1.66. The Kier molecular flexibility index (Phi) is 2.14. The molecule has 1 aromatic rings. The maximum Gasteiger partial charge on any atom is 0.138 e. The van der Waals surface area contributed by atoms with Crippen molar-refractivity contribution in [3.63, 3.8) is 0 Å². The van der Waals surface area contributed by atoms with E-state index in [1.165, 1.54) is 0 Å².